The number of nitrogens with one attached hydrogen (secondary N) is 2. The molecular weight excluding hydrogens is 402 g/mol. The first-order chi connectivity index (χ1) is 15.0. The van der Waals surface area contributed by atoms with Gasteiger partial charge in [0.15, 0.2) is 11.5 Å². The Morgan fingerprint density at radius 3 is 2.39 bits per heavy atom. The summed E-state index contributed by atoms with van der Waals surface area (Å²) in [5.74, 6) is 1.46. The van der Waals surface area contributed by atoms with Gasteiger partial charge in [0.05, 0.1) is 40.4 Å². The van der Waals surface area contributed by atoms with Crippen LogP contribution in [-0.2, 0) is 4.79 Å². The Morgan fingerprint density at radius 2 is 1.77 bits per heavy atom. The molecule has 0 saturated carbocycles. The molecule has 0 saturated heterocycles. The number of guanidine groups is 1. The molecule has 9 heteroatoms. The maximum Gasteiger partial charge on any atom is 0.258 e. The number of benzene rings is 2. The van der Waals surface area contributed by atoms with E-state index < -0.39 is 11.9 Å². The Morgan fingerprint density at radius 1 is 1.06 bits per heavy atom. The van der Waals surface area contributed by atoms with Crippen molar-refractivity contribution < 1.29 is 28.5 Å². The van der Waals surface area contributed by atoms with Gasteiger partial charge in [-0.3, -0.25) is 20.2 Å². The minimum absolute atomic E-state index is 0.0703. The lowest BCUT2D eigenvalue weighted by atomic mass is 10.0. The summed E-state index contributed by atoms with van der Waals surface area (Å²) in [6.45, 7) is 2.39. The number of amides is 2. The van der Waals surface area contributed by atoms with Crippen LogP contribution in [0.4, 0.5) is 0 Å². The monoisotopic (exact) mass is 427 g/mol. The molecule has 1 heterocycles. The molecule has 0 radical (unpaired) electrons. The van der Waals surface area contributed by atoms with Crippen LogP contribution in [0.3, 0.4) is 0 Å². The van der Waals surface area contributed by atoms with Crippen LogP contribution in [0.5, 0.6) is 23.0 Å². The second kappa shape index (κ2) is 9.84. The number of hydrogen-bond donors (Lipinski definition) is 2. The molecule has 3 rings (SSSR count). The van der Waals surface area contributed by atoms with E-state index in [9.17, 15) is 9.59 Å². The third-order valence-corrected chi connectivity index (χ3v) is 4.64. The van der Waals surface area contributed by atoms with Crippen LogP contribution in [0.15, 0.2) is 41.4 Å². The fraction of sp³-hybridized carbons (Fsp3) is 0.318. The Labute approximate surface area is 180 Å². The lowest BCUT2D eigenvalue weighted by Crippen LogP contribution is -2.47. The van der Waals surface area contributed by atoms with E-state index in [2.05, 4.69) is 15.6 Å². The van der Waals surface area contributed by atoms with Crippen molar-refractivity contribution in [2.45, 2.75) is 19.4 Å². The maximum absolute atomic E-state index is 12.7. The highest BCUT2D eigenvalue weighted by Crippen LogP contribution is 2.33. The predicted molar refractivity (Wildman–Crippen MR) is 114 cm³/mol. The van der Waals surface area contributed by atoms with Gasteiger partial charge in [0.1, 0.15) is 11.5 Å². The van der Waals surface area contributed by atoms with E-state index in [1.807, 2.05) is 13.0 Å². The first kappa shape index (κ1) is 21.9. The summed E-state index contributed by atoms with van der Waals surface area (Å²) in [7, 11) is 4.54. The number of hydrogen-bond acceptors (Lipinski definition) is 7. The van der Waals surface area contributed by atoms with Crippen molar-refractivity contribution >= 4 is 17.8 Å². The third-order valence-electron chi connectivity index (χ3n) is 4.64. The number of ether oxygens (including phenoxy) is 4. The van der Waals surface area contributed by atoms with Crippen molar-refractivity contribution in [3.63, 3.8) is 0 Å². The van der Waals surface area contributed by atoms with Gasteiger partial charge >= 0.3 is 0 Å². The normalized spacial score (nSPS) is 15.4. The summed E-state index contributed by atoms with van der Waals surface area (Å²) in [6, 6.07) is 9.70. The van der Waals surface area contributed by atoms with Crippen molar-refractivity contribution in [1.29, 1.82) is 0 Å². The van der Waals surface area contributed by atoms with Gasteiger partial charge in [-0.2, -0.15) is 0 Å². The average Bonchev–Trinajstić information content (AvgIpc) is 2.78. The third kappa shape index (κ3) is 5.25. The van der Waals surface area contributed by atoms with Crippen molar-refractivity contribution in [1.82, 2.24) is 10.6 Å². The predicted octanol–water partition coefficient (Wildman–Crippen LogP) is 2.46. The van der Waals surface area contributed by atoms with Crippen LogP contribution in [0.2, 0.25) is 0 Å². The zero-order valence-corrected chi connectivity index (χ0v) is 17.9. The second-order valence-electron chi connectivity index (χ2n) is 6.64. The van der Waals surface area contributed by atoms with Crippen LogP contribution in [-0.4, -0.2) is 45.7 Å². The van der Waals surface area contributed by atoms with Crippen molar-refractivity contribution in [2.75, 3.05) is 27.9 Å². The Bertz CT molecular complexity index is 982. The summed E-state index contributed by atoms with van der Waals surface area (Å²) >= 11 is 0. The van der Waals surface area contributed by atoms with Crippen molar-refractivity contribution in [2.24, 2.45) is 4.99 Å². The number of aliphatic imine (C=N–C) groups is 1. The SMILES string of the molecule is CCOc1ccc(C2CC(=O)NC(NC(=O)c3cc(OC)cc(OC)c3)=N2)cc1OC. The fourth-order valence-corrected chi connectivity index (χ4v) is 3.13. The topological polar surface area (TPSA) is 107 Å². The van der Waals surface area contributed by atoms with Gasteiger partial charge in [0, 0.05) is 11.6 Å². The van der Waals surface area contributed by atoms with Gasteiger partial charge in [-0.05, 0) is 36.8 Å². The Kier molecular flexibility index (Phi) is 6.96. The largest absolute Gasteiger partial charge is 0.497 e. The van der Waals surface area contributed by atoms with E-state index in [1.165, 1.54) is 14.2 Å². The standard InChI is InChI=1S/C22H25N3O6/c1-5-31-18-7-6-13(10-19(18)30-4)17-12-20(26)24-22(23-17)25-21(27)14-8-15(28-2)11-16(9-14)29-3/h6-11,17H,5,12H2,1-4H3,(H2,23,24,25,26,27). The van der Waals surface area contributed by atoms with E-state index in [1.54, 1.807) is 37.4 Å². The quantitative estimate of drug-likeness (QED) is 0.703. The maximum atomic E-state index is 12.7. The molecule has 2 amide bonds. The highest BCUT2D eigenvalue weighted by molar-refractivity contribution is 6.10. The molecule has 1 unspecified atom stereocenters. The number of methoxy groups -OCH3 is 3. The molecule has 9 nitrogen and oxygen atoms in total. The van der Waals surface area contributed by atoms with Gasteiger partial charge in [0.2, 0.25) is 11.9 Å². The van der Waals surface area contributed by atoms with E-state index in [-0.39, 0.29) is 18.3 Å². The molecule has 2 N–H and O–H groups in total. The van der Waals surface area contributed by atoms with E-state index >= 15 is 0 Å². The molecule has 1 aliphatic rings. The van der Waals surface area contributed by atoms with Gasteiger partial charge in [-0.15, -0.1) is 0 Å². The number of carbonyl (C=O) groups excluding carboxylic acids is 2. The van der Waals surface area contributed by atoms with Crippen LogP contribution in [0, 0.1) is 0 Å². The van der Waals surface area contributed by atoms with Gasteiger partial charge < -0.3 is 18.9 Å². The van der Waals surface area contributed by atoms with E-state index in [0.29, 0.717) is 35.2 Å². The molecule has 0 bridgehead atoms. The minimum Gasteiger partial charge on any atom is -0.497 e. The van der Waals surface area contributed by atoms with E-state index in [0.717, 1.165) is 5.56 Å². The lowest BCUT2D eigenvalue weighted by Gasteiger charge is -2.22. The smallest absolute Gasteiger partial charge is 0.258 e. The molecule has 0 aliphatic carbocycles. The van der Waals surface area contributed by atoms with Gasteiger partial charge in [-0.25, -0.2) is 4.99 Å². The highest BCUT2D eigenvalue weighted by atomic mass is 16.5. The summed E-state index contributed by atoms with van der Waals surface area (Å²) in [4.78, 5) is 29.5. The molecule has 0 fully saturated rings. The average molecular weight is 427 g/mol. The minimum atomic E-state index is -0.478. The van der Waals surface area contributed by atoms with Crippen LogP contribution >= 0.6 is 0 Å². The number of nitrogens with zero attached hydrogens (tertiary/aromatic N) is 1. The molecule has 2 aromatic carbocycles. The molecule has 164 valence electrons. The summed E-state index contributed by atoms with van der Waals surface area (Å²) < 4.78 is 21.3. The zero-order valence-electron chi connectivity index (χ0n) is 17.9. The molecule has 2 aromatic rings. The van der Waals surface area contributed by atoms with Crippen LogP contribution in [0.1, 0.15) is 35.3 Å². The van der Waals surface area contributed by atoms with Gasteiger partial charge in [0.25, 0.3) is 5.91 Å². The molecule has 1 atom stereocenters. The Balaban J connectivity index is 1.84. The Hall–Kier alpha value is -3.75. The molecule has 1 aliphatic heterocycles. The van der Waals surface area contributed by atoms with Crippen LogP contribution in [0.25, 0.3) is 0 Å². The second-order valence-corrected chi connectivity index (χ2v) is 6.64. The lowest BCUT2D eigenvalue weighted by molar-refractivity contribution is -0.120. The van der Waals surface area contributed by atoms with E-state index in [4.69, 9.17) is 18.9 Å². The van der Waals surface area contributed by atoms with Crippen molar-refractivity contribution in [3.05, 3.63) is 47.5 Å². The molecule has 31 heavy (non-hydrogen) atoms. The molecular formula is C22H25N3O6. The summed E-state index contributed by atoms with van der Waals surface area (Å²) in [5, 5.41) is 5.24. The molecule has 0 spiro atoms. The summed E-state index contributed by atoms with van der Waals surface area (Å²) in [6.07, 6.45) is 0.142. The van der Waals surface area contributed by atoms with Gasteiger partial charge in [-0.1, -0.05) is 6.07 Å². The highest BCUT2D eigenvalue weighted by Gasteiger charge is 2.25. The summed E-state index contributed by atoms with van der Waals surface area (Å²) in [5.41, 5.74) is 1.07. The fourth-order valence-electron chi connectivity index (χ4n) is 3.13. The molecule has 0 aromatic heterocycles. The number of rotatable bonds is 7. The van der Waals surface area contributed by atoms with Crippen molar-refractivity contribution in [3.8, 4) is 23.0 Å². The zero-order chi connectivity index (χ0) is 22.4. The first-order valence-electron chi connectivity index (χ1n) is 9.70. The first-order valence-corrected chi connectivity index (χ1v) is 9.70. The van der Waals surface area contributed by atoms with Crippen LogP contribution < -0.4 is 29.6 Å². The number of carbonyl (C=O) groups is 2.